The van der Waals surface area contributed by atoms with E-state index in [0.717, 1.165) is 23.6 Å². The molecule has 5 rings (SSSR count). The number of aliphatic hydroxyl groups is 1. The number of aromatic nitrogens is 2. The SMILES string of the molecule is Cc1ccc(Cn2ncc3cc(/C=C4\SC(N5CCNC[C@@H]5CO)=NC4=O)ccc32)c(C(F)(F)F)c1. The Morgan fingerprint density at radius 1 is 1.25 bits per heavy atom. The molecule has 0 saturated carbocycles. The minimum atomic E-state index is -4.45. The first-order valence-corrected chi connectivity index (χ1v) is 12.3. The molecule has 0 radical (unpaired) electrons. The molecular formula is C25H24F3N5O2S. The van der Waals surface area contributed by atoms with Gasteiger partial charge in [0.2, 0.25) is 0 Å². The summed E-state index contributed by atoms with van der Waals surface area (Å²) in [6, 6.07) is 9.62. The molecule has 0 bridgehead atoms. The lowest BCUT2D eigenvalue weighted by Crippen LogP contribution is -2.54. The van der Waals surface area contributed by atoms with Gasteiger partial charge in [-0.2, -0.15) is 23.3 Å². The van der Waals surface area contributed by atoms with Gasteiger partial charge in [0, 0.05) is 25.0 Å². The maximum Gasteiger partial charge on any atom is 0.416 e. The number of amides is 1. The van der Waals surface area contributed by atoms with E-state index in [1.54, 1.807) is 42.1 Å². The van der Waals surface area contributed by atoms with Crippen LogP contribution < -0.4 is 5.32 Å². The van der Waals surface area contributed by atoms with Crippen LogP contribution in [0.25, 0.3) is 17.0 Å². The number of carbonyl (C=O) groups is 1. The van der Waals surface area contributed by atoms with Gasteiger partial charge >= 0.3 is 6.18 Å². The smallest absolute Gasteiger partial charge is 0.394 e. The molecule has 2 aliphatic heterocycles. The van der Waals surface area contributed by atoms with Crippen LogP contribution in [0, 0.1) is 6.92 Å². The zero-order valence-corrected chi connectivity index (χ0v) is 20.2. The van der Waals surface area contributed by atoms with Crippen molar-refractivity contribution < 1.29 is 23.1 Å². The first-order valence-electron chi connectivity index (χ1n) is 11.5. The van der Waals surface area contributed by atoms with Gasteiger partial charge in [0.25, 0.3) is 5.91 Å². The summed E-state index contributed by atoms with van der Waals surface area (Å²) in [5, 5.41) is 18.5. The quantitative estimate of drug-likeness (QED) is 0.517. The molecule has 1 atom stereocenters. The number of nitrogens with one attached hydrogen (secondary N) is 1. The molecular weight excluding hydrogens is 491 g/mol. The first-order chi connectivity index (χ1) is 17.2. The Balaban J connectivity index is 1.37. The van der Waals surface area contributed by atoms with Gasteiger partial charge in [0.1, 0.15) is 0 Å². The number of halogens is 3. The molecule has 3 heterocycles. The van der Waals surface area contributed by atoms with Crippen LogP contribution in [-0.4, -0.2) is 63.1 Å². The Morgan fingerprint density at radius 3 is 2.86 bits per heavy atom. The number of carbonyl (C=O) groups excluding carboxylic acids is 1. The Bertz CT molecular complexity index is 1380. The Morgan fingerprint density at radius 2 is 2.08 bits per heavy atom. The highest BCUT2D eigenvalue weighted by Crippen LogP contribution is 2.34. The predicted molar refractivity (Wildman–Crippen MR) is 133 cm³/mol. The lowest BCUT2D eigenvalue weighted by Gasteiger charge is -2.35. The van der Waals surface area contributed by atoms with E-state index in [2.05, 4.69) is 15.4 Å². The molecule has 0 unspecified atom stereocenters. The van der Waals surface area contributed by atoms with Crippen molar-refractivity contribution in [2.24, 2.45) is 4.99 Å². The van der Waals surface area contributed by atoms with Crippen LogP contribution in [0.5, 0.6) is 0 Å². The van der Waals surface area contributed by atoms with Crippen LogP contribution in [0.4, 0.5) is 13.2 Å². The number of alkyl halides is 3. The average molecular weight is 516 g/mol. The molecule has 1 fully saturated rings. The molecule has 0 spiro atoms. The van der Waals surface area contributed by atoms with Crippen LogP contribution in [0.1, 0.15) is 22.3 Å². The second-order valence-corrected chi connectivity index (χ2v) is 9.83. The summed E-state index contributed by atoms with van der Waals surface area (Å²) < 4.78 is 42.2. The molecule has 0 aliphatic carbocycles. The number of benzene rings is 2. The van der Waals surface area contributed by atoms with Crippen molar-refractivity contribution in [3.63, 3.8) is 0 Å². The maximum atomic E-state index is 13.5. The molecule has 1 amide bonds. The zero-order chi connectivity index (χ0) is 25.4. The summed E-state index contributed by atoms with van der Waals surface area (Å²) >= 11 is 1.28. The van der Waals surface area contributed by atoms with Gasteiger partial charge < -0.3 is 15.3 Å². The fourth-order valence-electron chi connectivity index (χ4n) is 4.42. The molecule has 7 nitrogen and oxygen atoms in total. The van der Waals surface area contributed by atoms with Crippen molar-refractivity contribution in [2.45, 2.75) is 25.7 Å². The van der Waals surface area contributed by atoms with Crippen LogP contribution in [0.15, 0.2) is 52.5 Å². The number of nitrogens with zero attached hydrogens (tertiary/aromatic N) is 4. The number of thioether (sulfide) groups is 1. The van der Waals surface area contributed by atoms with Crippen molar-refractivity contribution >= 4 is 39.8 Å². The van der Waals surface area contributed by atoms with E-state index in [1.165, 1.54) is 17.8 Å². The van der Waals surface area contributed by atoms with Crippen molar-refractivity contribution in [1.82, 2.24) is 20.0 Å². The lowest BCUT2D eigenvalue weighted by molar-refractivity contribution is -0.138. The molecule has 2 aromatic carbocycles. The number of amidine groups is 1. The van der Waals surface area contributed by atoms with Gasteiger partial charge in [-0.25, -0.2) is 0 Å². The molecule has 3 aromatic rings. The summed E-state index contributed by atoms with van der Waals surface area (Å²) in [7, 11) is 0. The number of fused-ring (bicyclic) bond motifs is 1. The minimum Gasteiger partial charge on any atom is -0.394 e. The van der Waals surface area contributed by atoms with E-state index in [1.807, 2.05) is 11.0 Å². The summed E-state index contributed by atoms with van der Waals surface area (Å²) in [6.07, 6.45) is -1.09. The third kappa shape index (κ3) is 4.91. The van der Waals surface area contributed by atoms with Crippen molar-refractivity contribution in [2.75, 3.05) is 26.2 Å². The van der Waals surface area contributed by atoms with Crippen LogP contribution in [-0.2, 0) is 17.5 Å². The number of aliphatic imine (C=N–C) groups is 1. The van der Waals surface area contributed by atoms with Gasteiger partial charge in [0.05, 0.1) is 41.4 Å². The summed E-state index contributed by atoms with van der Waals surface area (Å²) in [5.41, 5.74) is 1.49. The Kier molecular flexibility index (Phi) is 6.62. The number of hydrogen-bond acceptors (Lipinski definition) is 6. The molecule has 2 N–H and O–H groups in total. The van der Waals surface area contributed by atoms with Crippen LogP contribution >= 0.6 is 11.8 Å². The van der Waals surface area contributed by atoms with Gasteiger partial charge in [0.15, 0.2) is 5.17 Å². The van der Waals surface area contributed by atoms with Crippen LogP contribution in [0.3, 0.4) is 0 Å². The second kappa shape index (κ2) is 9.72. The number of aliphatic hydroxyl groups excluding tert-OH is 1. The number of aryl methyl sites for hydroxylation is 1. The standard InChI is InChI=1S/C25H24F3N5O2S/c1-15-2-4-17(20(8-15)25(26,27)28)13-33-21-5-3-16(9-18(21)11-30-33)10-22-23(35)31-24(36-22)32-7-6-29-12-19(32)14-34/h2-5,8-11,19,29,34H,6-7,12-14H2,1H3/b22-10-/t19-/m1/s1. The minimum absolute atomic E-state index is 0.0126. The van der Waals surface area contributed by atoms with E-state index in [-0.39, 0.29) is 30.7 Å². The monoisotopic (exact) mass is 515 g/mol. The average Bonchev–Trinajstić information content (AvgIpc) is 3.42. The molecule has 188 valence electrons. The molecule has 36 heavy (non-hydrogen) atoms. The molecule has 2 aliphatic rings. The normalized spacial score (nSPS) is 20.0. The van der Waals surface area contributed by atoms with Gasteiger partial charge in [-0.1, -0.05) is 23.8 Å². The molecule has 1 aromatic heterocycles. The van der Waals surface area contributed by atoms with Gasteiger partial charge in [-0.15, -0.1) is 0 Å². The van der Waals surface area contributed by atoms with Crippen molar-refractivity contribution in [3.05, 3.63) is 69.8 Å². The van der Waals surface area contributed by atoms with E-state index in [4.69, 9.17) is 0 Å². The fraction of sp³-hybridized carbons (Fsp3) is 0.320. The maximum absolute atomic E-state index is 13.5. The third-order valence-electron chi connectivity index (χ3n) is 6.27. The highest BCUT2D eigenvalue weighted by Gasteiger charge is 2.34. The largest absolute Gasteiger partial charge is 0.416 e. The van der Waals surface area contributed by atoms with E-state index in [9.17, 15) is 23.1 Å². The number of rotatable bonds is 4. The van der Waals surface area contributed by atoms with Crippen molar-refractivity contribution in [3.8, 4) is 0 Å². The van der Waals surface area contributed by atoms with Crippen LogP contribution in [0.2, 0.25) is 0 Å². The Hall–Kier alpha value is -3.15. The summed E-state index contributed by atoms with van der Waals surface area (Å²) in [6.45, 7) is 3.61. The van der Waals surface area contributed by atoms with Gasteiger partial charge in [-0.3, -0.25) is 9.48 Å². The molecule has 1 saturated heterocycles. The van der Waals surface area contributed by atoms with E-state index >= 15 is 0 Å². The number of hydrogen-bond donors (Lipinski definition) is 2. The second-order valence-electron chi connectivity index (χ2n) is 8.82. The predicted octanol–water partition coefficient (Wildman–Crippen LogP) is 3.65. The van der Waals surface area contributed by atoms with E-state index in [0.29, 0.717) is 34.2 Å². The highest BCUT2D eigenvalue weighted by molar-refractivity contribution is 8.18. The van der Waals surface area contributed by atoms with Gasteiger partial charge in [-0.05, 0) is 54.1 Å². The van der Waals surface area contributed by atoms with E-state index < -0.39 is 11.7 Å². The Labute approximate surface area is 209 Å². The first kappa shape index (κ1) is 24.5. The third-order valence-corrected chi connectivity index (χ3v) is 7.29. The topological polar surface area (TPSA) is 82.8 Å². The summed E-state index contributed by atoms with van der Waals surface area (Å²) in [5.74, 6) is -0.333. The summed E-state index contributed by atoms with van der Waals surface area (Å²) in [4.78, 5) is 19.2. The molecule has 11 heteroatoms. The van der Waals surface area contributed by atoms with Crippen molar-refractivity contribution in [1.29, 1.82) is 0 Å². The zero-order valence-electron chi connectivity index (χ0n) is 19.4. The lowest BCUT2D eigenvalue weighted by atomic mass is 10.0. The fourth-order valence-corrected chi connectivity index (χ4v) is 5.43. The highest BCUT2D eigenvalue weighted by atomic mass is 32.2. The number of piperazine rings is 1.